The molecule has 1 aromatic heterocycles. The number of methoxy groups -OCH3 is 1. The molecule has 112 valence electrons. The Morgan fingerprint density at radius 3 is 2.95 bits per heavy atom. The SMILES string of the molecule is COCCNc1nc(N)c(C(=O)Nc2ccccc2I)s1. The lowest BCUT2D eigenvalue weighted by Crippen LogP contribution is -2.12. The first-order valence-electron chi connectivity index (χ1n) is 6.17. The van der Waals surface area contributed by atoms with Gasteiger partial charge in [0, 0.05) is 17.2 Å². The summed E-state index contributed by atoms with van der Waals surface area (Å²) in [5, 5.41) is 6.51. The van der Waals surface area contributed by atoms with Crippen LogP contribution in [0.4, 0.5) is 16.6 Å². The van der Waals surface area contributed by atoms with Crippen LogP contribution in [0, 0.1) is 3.57 Å². The Morgan fingerprint density at radius 2 is 2.24 bits per heavy atom. The number of rotatable bonds is 6. The number of carbonyl (C=O) groups excluding carboxylic acids is 1. The number of nitrogens with one attached hydrogen (secondary N) is 2. The highest BCUT2D eigenvalue weighted by Crippen LogP contribution is 2.26. The second-order valence-electron chi connectivity index (χ2n) is 4.09. The number of para-hydroxylation sites is 1. The summed E-state index contributed by atoms with van der Waals surface area (Å²) in [5.41, 5.74) is 6.56. The van der Waals surface area contributed by atoms with Crippen LogP contribution in [0.2, 0.25) is 0 Å². The second-order valence-corrected chi connectivity index (χ2v) is 6.25. The number of hydrogen-bond acceptors (Lipinski definition) is 6. The molecule has 0 saturated carbocycles. The van der Waals surface area contributed by atoms with E-state index in [1.54, 1.807) is 7.11 Å². The minimum atomic E-state index is -0.256. The number of nitrogens with two attached hydrogens (primary N) is 1. The zero-order valence-corrected chi connectivity index (χ0v) is 14.3. The molecule has 0 bridgehead atoms. The molecule has 0 fully saturated rings. The largest absolute Gasteiger partial charge is 0.383 e. The van der Waals surface area contributed by atoms with Crippen LogP contribution in [0.25, 0.3) is 0 Å². The Balaban J connectivity index is 2.07. The third-order valence-electron chi connectivity index (χ3n) is 2.56. The van der Waals surface area contributed by atoms with Gasteiger partial charge in [-0.2, -0.15) is 0 Å². The van der Waals surface area contributed by atoms with E-state index in [0.29, 0.717) is 23.2 Å². The van der Waals surface area contributed by atoms with Crippen LogP contribution in [0.1, 0.15) is 9.67 Å². The molecule has 0 aliphatic carbocycles. The fraction of sp³-hybridized carbons (Fsp3) is 0.231. The van der Waals surface area contributed by atoms with Crippen LogP contribution < -0.4 is 16.4 Å². The molecule has 2 aromatic rings. The first-order chi connectivity index (χ1) is 10.1. The molecule has 0 atom stereocenters. The second kappa shape index (κ2) is 7.57. The van der Waals surface area contributed by atoms with Crippen LogP contribution in [-0.2, 0) is 4.74 Å². The van der Waals surface area contributed by atoms with Crippen LogP contribution in [0.5, 0.6) is 0 Å². The van der Waals surface area contributed by atoms with E-state index in [-0.39, 0.29) is 11.7 Å². The maximum absolute atomic E-state index is 12.3. The van der Waals surface area contributed by atoms with Crippen molar-refractivity contribution in [1.29, 1.82) is 0 Å². The van der Waals surface area contributed by atoms with Crippen molar-refractivity contribution in [1.82, 2.24) is 4.98 Å². The molecule has 21 heavy (non-hydrogen) atoms. The van der Waals surface area contributed by atoms with E-state index in [4.69, 9.17) is 10.5 Å². The summed E-state index contributed by atoms with van der Waals surface area (Å²) in [6.45, 7) is 1.17. The molecule has 0 aliphatic heterocycles. The number of aromatic nitrogens is 1. The van der Waals surface area contributed by atoms with Gasteiger partial charge in [0.05, 0.1) is 12.3 Å². The van der Waals surface area contributed by atoms with Crippen LogP contribution in [-0.4, -0.2) is 31.2 Å². The number of anilines is 3. The van der Waals surface area contributed by atoms with Gasteiger partial charge in [0.1, 0.15) is 10.7 Å². The average Bonchev–Trinajstić information content (AvgIpc) is 2.83. The third kappa shape index (κ3) is 4.29. The average molecular weight is 418 g/mol. The smallest absolute Gasteiger partial charge is 0.269 e. The van der Waals surface area contributed by atoms with E-state index < -0.39 is 0 Å². The predicted molar refractivity (Wildman–Crippen MR) is 94.0 cm³/mol. The molecule has 1 aromatic carbocycles. The molecule has 8 heteroatoms. The molecule has 4 N–H and O–H groups in total. The molecule has 0 aliphatic rings. The van der Waals surface area contributed by atoms with Crippen LogP contribution >= 0.6 is 33.9 Å². The highest BCUT2D eigenvalue weighted by Gasteiger charge is 2.17. The van der Waals surface area contributed by atoms with Crippen molar-refractivity contribution in [3.05, 3.63) is 32.7 Å². The number of halogens is 1. The van der Waals surface area contributed by atoms with Crippen molar-refractivity contribution in [2.24, 2.45) is 0 Å². The number of nitrogen functional groups attached to an aromatic ring is 1. The van der Waals surface area contributed by atoms with E-state index in [0.717, 1.165) is 9.26 Å². The standard InChI is InChI=1S/C13H15IN4O2S/c1-20-7-6-16-13-18-11(15)10(21-13)12(19)17-9-5-3-2-4-8(9)14/h2-5H,6-7,15H2,1H3,(H,16,18)(H,17,19). The van der Waals surface area contributed by atoms with Gasteiger partial charge in [0.15, 0.2) is 5.13 Å². The Morgan fingerprint density at radius 1 is 1.48 bits per heavy atom. The normalized spacial score (nSPS) is 10.4. The summed E-state index contributed by atoms with van der Waals surface area (Å²) >= 11 is 3.39. The minimum absolute atomic E-state index is 0.225. The summed E-state index contributed by atoms with van der Waals surface area (Å²) in [6.07, 6.45) is 0. The predicted octanol–water partition coefficient (Wildman–Crippen LogP) is 2.64. The van der Waals surface area contributed by atoms with E-state index >= 15 is 0 Å². The maximum Gasteiger partial charge on any atom is 0.269 e. The third-order valence-corrected chi connectivity index (χ3v) is 4.53. The first-order valence-corrected chi connectivity index (χ1v) is 8.06. The first kappa shape index (κ1) is 16.0. The lowest BCUT2D eigenvalue weighted by molar-refractivity contribution is 0.103. The van der Waals surface area contributed by atoms with Gasteiger partial charge < -0.3 is 21.1 Å². The van der Waals surface area contributed by atoms with E-state index in [2.05, 4.69) is 38.2 Å². The lowest BCUT2D eigenvalue weighted by Gasteiger charge is -2.05. The fourth-order valence-corrected chi connectivity index (χ4v) is 2.90. The molecule has 1 heterocycles. The number of carbonyl (C=O) groups is 1. The molecule has 0 radical (unpaired) electrons. The number of thiazole rings is 1. The highest BCUT2D eigenvalue weighted by atomic mass is 127. The Labute approximate surface area is 140 Å². The summed E-state index contributed by atoms with van der Waals surface area (Å²) in [5.74, 6) is -0.0303. The fourth-order valence-electron chi connectivity index (χ4n) is 1.57. The van der Waals surface area contributed by atoms with Gasteiger partial charge in [-0.25, -0.2) is 4.98 Å². The molecule has 1 amide bonds. The van der Waals surface area contributed by atoms with E-state index in [9.17, 15) is 4.79 Å². The Kier molecular flexibility index (Phi) is 5.76. The topological polar surface area (TPSA) is 89.3 Å². The highest BCUT2D eigenvalue weighted by molar-refractivity contribution is 14.1. The zero-order valence-electron chi connectivity index (χ0n) is 11.4. The number of ether oxygens (including phenoxy) is 1. The van der Waals surface area contributed by atoms with Crippen molar-refractivity contribution in [3.63, 3.8) is 0 Å². The van der Waals surface area contributed by atoms with E-state index in [1.807, 2.05) is 24.3 Å². The van der Waals surface area contributed by atoms with Crippen molar-refractivity contribution >= 4 is 56.5 Å². The summed E-state index contributed by atoms with van der Waals surface area (Å²) in [4.78, 5) is 16.8. The number of benzene rings is 1. The molecular weight excluding hydrogens is 403 g/mol. The number of nitrogens with zero attached hydrogens (tertiary/aromatic N) is 1. The molecule has 0 saturated heterocycles. The van der Waals surface area contributed by atoms with Gasteiger partial charge >= 0.3 is 0 Å². The van der Waals surface area contributed by atoms with E-state index in [1.165, 1.54) is 11.3 Å². The molecule has 0 unspecified atom stereocenters. The van der Waals surface area contributed by atoms with Crippen molar-refractivity contribution < 1.29 is 9.53 Å². The van der Waals surface area contributed by atoms with Gasteiger partial charge in [-0.15, -0.1) is 0 Å². The molecular formula is C13H15IN4O2S. The van der Waals surface area contributed by atoms with Gasteiger partial charge in [-0.05, 0) is 34.7 Å². The Bertz CT molecular complexity index is 632. The summed E-state index contributed by atoms with van der Waals surface area (Å²) in [6, 6.07) is 7.54. The van der Waals surface area contributed by atoms with Gasteiger partial charge in [-0.1, -0.05) is 23.5 Å². The Hall–Kier alpha value is -1.39. The summed E-state index contributed by atoms with van der Waals surface area (Å²) < 4.78 is 5.91. The quantitative estimate of drug-likeness (QED) is 0.496. The van der Waals surface area contributed by atoms with Gasteiger partial charge in [0.2, 0.25) is 0 Å². The van der Waals surface area contributed by atoms with Gasteiger partial charge in [0.25, 0.3) is 5.91 Å². The maximum atomic E-state index is 12.3. The van der Waals surface area contributed by atoms with Crippen molar-refractivity contribution in [2.45, 2.75) is 0 Å². The molecule has 2 rings (SSSR count). The van der Waals surface area contributed by atoms with Crippen LogP contribution in [0.15, 0.2) is 24.3 Å². The number of hydrogen-bond donors (Lipinski definition) is 3. The van der Waals surface area contributed by atoms with Crippen LogP contribution in [0.3, 0.4) is 0 Å². The minimum Gasteiger partial charge on any atom is -0.383 e. The zero-order chi connectivity index (χ0) is 15.2. The van der Waals surface area contributed by atoms with Gasteiger partial charge in [-0.3, -0.25) is 4.79 Å². The number of amides is 1. The monoisotopic (exact) mass is 418 g/mol. The molecule has 6 nitrogen and oxygen atoms in total. The summed E-state index contributed by atoms with van der Waals surface area (Å²) in [7, 11) is 1.62. The van der Waals surface area contributed by atoms with Crippen molar-refractivity contribution in [3.8, 4) is 0 Å². The molecule has 0 spiro atoms. The van der Waals surface area contributed by atoms with Crippen molar-refractivity contribution in [2.75, 3.05) is 36.6 Å². The lowest BCUT2D eigenvalue weighted by atomic mass is 10.3.